The molecule has 1 aliphatic heterocycles. The highest BCUT2D eigenvalue weighted by Gasteiger charge is 2.41. The number of hydrogen-bond acceptors (Lipinski definition) is 4. The molecule has 0 spiro atoms. The Labute approximate surface area is 87.4 Å². The first kappa shape index (κ1) is 9.83. The SMILES string of the molecule is COc1cc(O)cc2c1OC(C)(C)C2=O. The summed E-state index contributed by atoms with van der Waals surface area (Å²) in [5.74, 6) is 0.640. The second-order valence-electron chi connectivity index (χ2n) is 3.97. The van der Waals surface area contributed by atoms with Crippen molar-refractivity contribution in [1.29, 1.82) is 0 Å². The zero-order valence-corrected chi connectivity index (χ0v) is 8.83. The summed E-state index contributed by atoms with van der Waals surface area (Å²) < 4.78 is 10.5. The molecule has 0 bridgehead atoms. The number of Topliss-reactive ketones (excluding diaryl/α,β-unsaturated/α-hetero) is 1. The van der Waals surface area contributed by atoms with Gasteiger partial charge in [0.1, 0.15) is 5.75 Å². The average Bonchev–Trinajstić information content (AvgIpc) is 2.39. The van der Waals surface area contributed by atoms with E-state index in [1.165, 1.54) is 19.2 Å². The lowest BCUT2D eigenvalue weighted by Gasteiger charge is -2.15. The number of phenolic OH excluding ortho intramolecular Hbond substituents is 1. The maximum Gasteiger partial charge on any atom is 0.209 e. The van der Waals surface area contributed by atoms with Crippen molar-refractivity contribution in [2.75, 3.05) is 7.11 Å². The molecule has 1 aliphatic rings. The minimum Gasteiger partial charge on any atom is -0.508 e. The largest absolute Gasteiger partial charge is 0.508 e. The predicted molar refractivity (Wildman–Crippen MR) is 53.7 cm³/mol. The number of ether oxygens (including phenoxy) is 2. The molecule has 1 N–H and O–H groups in total. The first-order valence-electron chi connectivity index (χ1n) is 4.60. The van der Waals surface area contributed by atoms with Gasteiger partial charge in [0.25, 0.3) is 0 Å². The summed E-state index contributed by atoms with van der Waals surface area (Å²) in [5.41, 5.74) is -0.513. The van der Waals surface area contributed by atoms with E-state index in [9.17, 15) is 9.90 Å². The van der Waals surface area contributed by atoms with Crippen LogP contribution in [0.3, 0.4) is 0 Å². The smallest absolute Gasteiger partial charge is 0.209 e. The number of fused-ring (bicyclic) bond motifs is 1. The highest BCUT2D eigenvalue weighted by molar-refractivity contribution is 6.08. The number of carbonyl (C=O) groups excluding carboxylic acids is 1. The van der Waals surface area contributed by atoms with Crippen LogP contribution in [0, 0.1) is 0 Å². The first-order valence-corrected chi connectivity index (χ1v) is 4.60. The molecule has 0 aromatic heterocycles. The number of methoxy groups -OCH3 is 1. The minimum absolute atomic E-state index is 0.000231. The molecule has 4 nitrogen and oxygen atoms in total. The van der Waals surface area contributed by atoms with E-state index >= 15 is 0 Å². The summed E-state index contributed by atoms with van der Waals surface area (Å²) in [6.07, 6.45) is 0. The Morgan fingerprint density at radius 1 is 1.40 bits per heavy atom. The number of rotatable bonds is 1. The first-order chi connectivity index (χ1) is 6.95. The number of aromatic hydroxyl groups is 1. The molecule has 1 aromatic rings. The van der Waals surface area contributed by atoms with Crippen LogP contribution in [0.4, 0.5) is 0 Å². The maximum atomic E-state index is 11.8. The van der Waals surface area contributed by atoms with Crippen LogP contribution < -0.4 is 9.47 Å². The second-order valence-corrected chi connectivity index (χ2v) is 3.97. The van der Waals surface area contributed by atoms with Crippen LogP contribution in [0.15, 0.2) is 12.1 Å². The molecule has 1 aromatic carbocycles. The Kier molecular flexibility index (Phi) is 1.89. The zero-order chi connectivity index (χ0) is 11.2. The molecule has 0 unspecified atom stereocenters. The normalized spacial score (nSPS) is 17.1. The van der Waals surface area contributed by atoms with E-state index in [2.05, 4.69) is 0 Å². The molecular weight excluding hydrogens is 196 g/mol. The maximum absolute atomic E-state index is 11.8. The summed E-state index contributed by atoms with van der Waals surface area (Å²) >= 11 is 0. The van der Waals surface area contributed by atoms with Gasteiger partial charge in [0.15, 0.2) is 17.1 Å². The Morgan fingerprint density at radius 2 is 2.07 bits per heavy atom. The monoisotopic (exact) mass is 208 g/mol. The molecule has 0 saturated heterocycles. The predicted octanol–water partition coefficient (Wildman–Crippen LogP) is 1.75. The molecule has 1 heterocycles. The van der Waals surface area contributed by atoms with Crippen LogP contribution >= 0.6 is 0 Å². The van der Waals surface area contributed by atoms with Crippen molar-refractivity contribution in [2.24, 2.45) is 0 Å². The van der Waals surface area contributed by atoms with Gasteiger partial charge in [0.05, 0.1) is 12.7 Å². The van der Waals surface area contributed by atoms with Crippen molar-refractivity contribution < 1.29 is 19.4 Å². The third kappa shape index (κ3) is 1.33. The summed E-state index contributed by atoms with van der Waals surface area (Å²) in [5, 5.41) is 9.41. The van der Waals surface area contributed by atoms with Crippen LogP contribution in [0.1, 0.15) is 24.2 Å². The zero-order valence-electron chi connectivity index (χ0n) is 8.83. The highest BCUT2D eigenvalue weighted by atomic mass is 16.5. The van der Waals surface area contributed by atoms with E-state index in [0.717, 1.165) is 0 Å². The number of ketones is 1. The van der Waals surface area contributed by atoms with Gasteiger partial charge in [-0.25, -0.2) is 0 Å². The number of carbonyl (C=O) groups is 1. The van der Waals surface area contributed by atoms with Gasteiger partial charge >= 0.3 is 0 Å². The molecule has 0 aliphatic carbocycles. The Balaban J connectivity index is 2.63. The van der Waals surface area contributed by atoms with Crippen LogP contribution in [0.2, 0.25) is 0 Å². The van der Waals surface area contributed by atoms with Gasteiger partial charge < -0.3 is 14.6 Å². The summed E-state index contributed by atoms with van der Waals surface area (Å²) in [7, 11) is 1.47. The lowest BCUT2D eigenvalue weighted by Crippen LogP contribution is -2.31. The fraction of sp³-hybridized carbons (Fsp3) is 0.364. The molecule has 2 rings (SSSR count). The topological polar surface area (TPSA) is 55.8 Å². The van der Waals surface area contributed by atoms with Crippen LogP contribution in [0.25, 0.3) is 0 Å². The quantitative estimate of drug-likeness (QED) is 0.763. The van der Waals surface area contributed by atoms with Crippen LogP contribution in [0.5, 0.6) is 17.2 Å². The van der Waals surface area contributed by atoms with Crippen LogP contribution in [-0.2, 0) is 0 Å². The summed E-state index contributed by atoms with van der Waals surface area (Å²) in [4.78, 5) is 11.8. The Hall–Kier alpha value is -1.71. The van der Waals surface area contributed by atoms with Gasteiger partial charge in [-0.3, -0.25) is 4.79 Å². The van der Waals surface area contributed by atoms with Crippen LogP contribution in [-0.4, -0.2) is 23.6 Å². The fourth-order valence-electron chi connectivity index (χ4n) is 1.64. The van der Waals surface area contributed by atoms with E-state index in [4.69, 9.17) is 9.47 Å². The lowest BCUT2D eigenvalue weighted by atomic mass is 9.99. The van der Waals surface area contributed by atoms with Crippen molar-refractivity contribution in [3.63, 3.8) is 0 Å². The molecule has 0 amide bonds. The van der Waals surface area contributed by atoms with Gasteiger partial charge in [-0.15, -0.1) is 0 Å². The third-order valence-corrected chi connectivity index (χ3v) is 2.41. The second kappa shape index (κ2) is 2.89. The van der Waals surface area contributed by atoms with Gasteiger partial charge in [-0.2, -0.15) is 0 Å². The van der Waals surface area contributed by atoms with Crippen molar-refractivity contribution in [3.05, 3.63) is 17.7 Å². The molecule has 80 valence electrons. The number of hydrogen-bond donors (Lipinski definition) is 1. The van der Waals surface area contributed by atoms with E-state index in [1.54, 1.807) is 13.8 Å². The van der Waals surface area contributed by atoms with E-state index in [-0.39, 0.29) is 11.5 Å². The average molecular weight is 208 g/mol. The molecular formula is C11H12O4. The molecule has 0 radical (unpaired) electrons. The Bertz CT molecular complexity index is 434. The summed E-state index contributed by atoms with van der Waals surface area (Å²) in [6, 6.07) is 2.82. The van der Waals surface area contributed by atoms with Crippen molar-refractivity contribution >= 4 is 5.78 Å². The minimum atomic E-state index is -0.886. The van der Waals surface area contributed by atoms with E-state index < -0.39 is 5.60 Å². The van der Waals surface area contributed by atoms with Crippen molar-refractivity contribution in [2.45, 2.75) is 19.4 Å². The van der Waals surface area contributed by atoms with E-state index in [0.29, 0.717) is 17.1 Å². The molecule has 0 fully saturated rings. The number of benzene rings is 1. The van der Waals surface area contributed by atoms with Gasteiger partial charge in [-0.1, -0.05) is 0 Å². The Morgan fingerprint density at radius 3 is 2.67 bits per heavy atom. The van der Waals surface area contributed by atoms with Crippen molar-refractivity contribution in [3.8, 4) is 17.2 Å². The standard InChI is InChI=1S/C11H12O4/c1-11(2)10(13)7-4-6(12)5-8(14-3)9(7)15-11/h4-5,12H,1-3H3. The molecule has 15 heavy (non-hydrogen) atoms. The van der Waals surface area contributed by atoms with Gasteiger partial charge in [0.2, 0.25) is 5.78 Å². The summed E-state index contributed by atoms with van der Waals surface area (Å²) in [6.45, 7) is 3.37. The number of phenols is 1. The molecule has 0 saturated carbocycles. The van der Waals surface area contributed by atoms with Gasteiger partial charge in [-0.05, 0) is 19.9 Å². The lowest BCUT2D eigenvalue weighted by molar-refractivity contribution is 0.0679. The molecule has 4 heteroatoms. The third-order valence-electron chi connectivity index (χ3n) is 2.41. The fourth-order valence-corrected chi connectivity index (χ4v) is 1.64. The van der Waals surface area contributed by atoms with Gasteiger partial charge in [0, 0.05) is 6.07 Å². The van der Waals surface area contributed by atoms with Crippen molar-refractivity contribution in [1.82, 2.24) is 0 Å². The van der Waals surface area contributed by atoms with E-state index in [1.807, 2.05) is 0 Å². The molecule has 0 atom stereocenters. The highest BCUT2D eigenvalue weighted by Crippen LogP contribution is 2.43.